The Morgan fingerprint density at radius 3 is 2.87 bits per heavy atom. The van der Waals surface area contributed by atoms with Crippen LogP contribution in [0.2, 0.25) is 0 Å². The van der Waals surface area contributed by atoms with E-state index in [0.717, 1.165) is 21.2 Å². The second-order valence-electron chi connectivity index (χ2n) is 6.93. The molecular weight excluding hydrogens is 400 g/mol. The number of rotatable bonds is 5. The molecule has 30 heavy (non-hydrogen) atoms. The molecule has 0 N–H and O–H groups in total. The highest BCUT2D eigenvalue weighted by atomic mass is 32.1. The van der Waals surface area contributed by atoms with Gasteiger partial charge in [-0.15, -0.1) is 0 Å². The second kappa shape index (κ2) is 7.35. The predicted molar refractivity (Wildman–Crippen MR) is 116 cm³/mol. The summed E-state index contributed by atoms with van der Waals surface area (Å²) in [6.45, 7) is 2.28. The minimum absolute atomic E-state index is 0.219. The van der Waals surface area contributed by atoms with Crippen LogP contribution < -0.4 is 9.64 Å². The molecule has 0 aliphatic rings. The Morgan fingerprint density at radius 1 is 1.17 bits per heavy atom. The lowest BCUT2D eigenvalue weighted by Crippen LogP contribution is -2.29. The molecule has 0 aliphatic heterocycles. The van der Waals surface area contributed by atoms with Crippen molar-refractivity contribution in [1.29, 1.82) is 0 Å². The quantitative estimate of drug-likeness (QED) is 0.361. The van der Waals surface area contributed by atoms with E-state index >= 15 is 0 Å². The molecule has 0 saturated heterocycles. The maximum absolute atomic E-state index is 13.5. The number of benzene rings is 2. The third-order valence-electron chi connectivity index (χ3n) is 4.84. The Hall–Kier alpha value is -3.58. The summed E-state index contributed by atoms with van der Waals surface area (Å²) in [4.78, 5) is 19.8. The fraction of sp³-hybridized carbons (Fsp3) is 0.130. The third-order valence-corrected chi connectivity index (χ3v) is 5.88. The molecule has 0 spiro atoms. The number of furan rings is 2. The molecule has 150 valence electrons. The Balaban J connectivity index is 1.59. The van der Waals surface area contributed by atoms with Crippen molar-refractivity contribution in [2.24, 2.45) is 0 Å². The van der Waals surface area contributed by atoms with Gasteiger partial charge in [-0.3, -0.25) is 9.69 Å². The number of fused-ring (bicyclic) bond motifs is 2. The number of methoxy groups -OCH3 is 1. The molecule has 3 heterocycles. The fourth-order valence-electron chi connectivity index (χ4n) is 3.36. The largest absolute Gasteiger partial charge is 0.493 e. The van der Waals surface area contributed by atoms with Crippen LogP contribution in [0, 0.1) is 6.92 Å². The molecule has 5 rings (SSSR count). The topological polar surface area (TPSA) is 68.7 Å². The van der Waals surface area contributed by atoms with Crippen LogP contribution in [-0.4, -0.2) is 18.0 Å². The highest BCUT2D eigenvalue weighted by Crippen LogP contribution is 2.33. The van der Waals surface area contributed by atoms with Crippen LogP contribution in [-0.2, 0) is 6.54 Å². The standard InChI is InChI=1S/C23H18N2O4S/c1-14-8-9-17-20(11-14)30-23(24-17)25(13-16-6-4-10-28-16)22(26)19-12-15-5-3-7-18(27-2)21(15)29-19/h3-12H,13H2,1-2H3. The number of carbonyl (C=O) groups excluding carboxylic acids is 1. The number of aromatic nitrogens is 1. The highest BCUT2D eigenvalue weighted by molar-refractivity contribution is 7.22. The Morgan fingerprint density at radius 2 is 2.07 bits per heavy atom. The lowest BCUT2D eigenvalue weighted by molar-refractivity contribution is 0.0958. The molecule has 0 bridgehead atoms. The number of carbonyl (C=O) groups is 1. The van der Waals surface area contributed by atoms with E-state index in [-0.39, 0.29) is 18.2 Å². The molecule has 1 amide bonds. The molecule has 6 nitrogen and oxygen atoms in total. The number of thiazole rings is 1. The summed E-state index contributed by atoms with van der Waals surface area (Å²) < 4.78 is 17.8. The van der Waals surface area contributed by atoms with Gasteiger partial charge < -0.3 is 13.6 Å². The number of aryl methyl sites for hydroxylation is 1. The van der Waals surface area contributed by atoms with Crippen LogP contribution in [0.4, 0.5) is 5.13 Å². The van der Waals surface area contributed by atoms with Gasteiger partial charge >= 0.3 is 0 Å². The molecular formula is C23H18N2O4S. The van der Waals surface area contributed by atoms with Crippen LogP contribution in [0.3, 0.4) is 0 Å². The molecule has 3 aromatic heterocycles. The van der Waals surface area contributed by atoms with Gasteiger partial charge in [-0.25, -0.2) is 4.98 Å². The van der Waals surface area contributed by atoms with Crippen LogP contribution in [0.25, 0.3) is 21.2 Å². The van der Waals surface area contributed by atoms with Crippen molar-refractivity contribution in [2.75, 3.05) is 12.0 Å². The number of hydrogen-bond donors (Lipinski definition) is 0. The number of nitrogens with zero attached hydrogens (tertiary/aromatic N) is 2. The first-order chi connectivity index (χ1) is 14.6. The molecule has 0 aliphatic carbocycles. The first-order valence-electron chi connectivity index (χ1n) is 9.40. The molecule has 0 saturated carbocycles. The zero-order valence-corrected chi connectivity index (χ0v) is 17.2. The molecule has 7 heteroatoms. The minimum Gasteiger partial charge on any atom is -0.493 e. The lowest BCUT2D eigenvalue weighted by atomic mass is 10.2. The summed E-state index contributed by atoms with van der Waals surface area (Å²) in [7, 11) is 1.57. The van der Waals surface area contributed by atoms with Gasteiger partial charge in [0.1, 0.15) is 5.76 Å². The van der Waals surface area contributed by atoms with Crippen molar-refractivity contribution in [3.05, 3.63) is 77.9 Å². The average Bonchev–Trinajstić information content (AvgIpc) is 3.49. The molecule has 0 unspecified atom stereocenters. The third kappa shape index (κ3) is 3.23. The van der Waals surface area contributed by atoms with Crippen molar-refractivity contribution >= 4 is 43.6 Å². The van der Waals surface area contributed by atoms with Crippen LogP contribution in [0.5, 0.6) is 5.75 Å². The van der Waals surface area contributed by atoms with Crippen molar-refractivity contribution in [2.45, 2.75) is 13.5 Å². The van der Waals surface area contributed by atoms with Gasteiger partial charge in [0, 0.05) is 5.39 Å². The van der Waals surface area contributed by atoms with Crippen LogP contribution in [0.1, 0.15) is 21.9 Å². The van der Waals surface area contributed by atoms with E-state index in [0.29, 0.717) is 22.2 Å². The van der Waals surface area contributed by atoms with E-state index < -0.39 is 0 Å². The van der Waals surface area contributed by atoms with Gasteiger partial charge in [0.15, 0.2) is 22.2 Å². The fourth-order valence-corrected chi connectivity index (χ4v) is 4.42. The molecule has 0 atom stereocenters. The Bertz CT molecular complexity index is 1350. The maximum atomic E-state index is 13.5. The summed E-state index contributed by atoms with van der Waals surface area (Å²) in [5, 5.41) is 1.39. The number of ether oxygens (including phenoxy) is 1. The maximum Gasteiger partial charge on any atom is 0.296 e. The average molecular weight is 418 g/mol. The summed E-state index contributed by atoms with van der Waals surface area (Å²) in [5.74, 6) is 1.17. The number of anilines is 1. The minimum atomic E-state index is -0.291. The smallest absolute Gasteiger partial charge is 0.296 e. The normalized spacial score (nSPS) is 11.3. The van der Waals surface area contributed by atoms with Gasteiger partial charge in [0.25, 0.3) is 5.91 Å². The number of para-hydroxylation sites is 1. The Kier molecular flexibility index (Phi) is 4.52. The van der Waals surface area contributed by atoms with Crippen molar-refractivity contribution in [1.82, 2.24) is 4.98 Å². The van der Waals surface area contributed by atoms with Crippen LogP contribution in [0.15, 0.2) is 69.7 Å². The van der Waals surface area contributed by atoms with Crippen molar-refractivity contribution in [3.8, 4) is 5.75 Å². The van der Waals surface area contributed by atoms with Gasteiger partial charge in [0.2, 0.25) is 0 Å². The van der Waals surface area contributed by atoms with Gasteiger partial charge in [-0.1, -0.05) is 29.5 Å². The molecule has 5 aromatic rings. The zero-order valence-electron chi connectivity index (χ0n) is 16.4. The Labute approximate surface area is 176 Å². The van der Waals surface area contributed by atoms with Crippen molar-refractivity contribution in [3.63, 3.8) is 0 Å². The zero-order chi connectivity index (χ0) is 20.7. The van der Waals surface area contributed by atoms with Gasteiger partial charge in [0.05, 0.1) is 30.1 Å². The molecule has 2 aromatic carbocycles. The number of amides is 1. The lowest BCUT2D eigenvalue weighted by Gasteiger charge is -2.17. The predicted octanol–water partition coefficient (Wildman–Crippen LogP) is 5.80. The highest BCUT2D eigenvalue weighted by Gasteiger charge is 2.26. The number of hydrogen-bond acceptors (Lipinski definition) is 6. The van der Waals surface area contributed by atoms with E-state index in [1.54, 1.807) is 36.5 Å². The van der Waals surface area contributed by atoms with E-state index in [1.165, 1.54) is 11.3 Å². The van der Waals surface area contributed by atoms with E-state index in [2.05, 4.69) is 11.1 Å². The first kappa shape index (κ1) is 18.4. The summed E-state index contributed by atoms with van der Waals surface area (Å²) in [5.41, 5.74) is 2.54. The summed E-state index contributed by atoms with van der Waals surface area (Å²) in [6, 6.07) is 17.0. The summed E-state index contributed by atoms with van der Waals surface area (Å²) >= 11 is 1.46. The van der Waals surface area contributed by atoms with E-state index in [9.17, 15) is 4.79 Å². The molecule has 0 radical (unpaired) electrons. The molecule has 0 fully saturated rings. The first-order valence-corrected chi connectivity index (χ1v) is 10.2. The van der Waals surface area contributed by atoms with Crippen molar-refractivity contribution < 1.29 is 18.4 Å². The van der Waals surface area contributed by atoms with Gasteiger partial charge in [-0.05, 0) is 48.9 Å². The monoisotopic (exact) mass is 418 g/mol. The van der Waals surface area contributed by atoms with E-state index in [1.807, 2.05) is 37.3 Å². The van der Waals surface area contributed by atoms with Gasteiger partial charge in [-0.2, -0.15) is 0 Å². The SMILES string of the molecule is COc1cccc2cc(C(=O)N(Cc3ccco3)c3nc4ccc(C)cc4s3)oc12. The van der Waals surface area contributed by atoms with E-state index in [4.69, 9.17) is 13.6 Å². The second-order valence-corrected chi connectivity index (χ2v) is 7.94. The van der Waals surface area contributed by atoms with Crippen LogP contribution >= 0.6 is 11.3 Å². The summed E-state index contributed by atoms with van der Waals surface area (Å²) in [6.07, 6.45) is 1.59.